The summed E-state index contributed by atoms with van der Waals surface area (Å²) in [5, 5.41) is 17.9. The number of carbonyl (C=O) groups is 1. The number of H-pyrrole nitrogens is 1. The summed E-state index contributed by atoms with van der Waals surface area (Å²) in [7, 11) is 0. The number of carboxylic acids is 1. The Morgan fingerprint density at radius 2 is 1.90 bits per heavy atom. The number of nitrogens with zero attached hydrogens (tertiary/aromatic N) is 1. The lowest BCUT2D eigenvalue weighted by Gasteiger charge is -2.05. The molecule has 0 bridgehead atoms. The summed E-state index contributed by atoms with van der Waals surface area (Å²) in [4.78, 5) is 10.8. The average molecular weight is 266 g/mol. The molecule has 0 fully saturated rings. The molecular formula is C16H14N2O2. The van der Waals surface area contributed by atoms with E-state index in [9.17, 15) is 4.79 Å². The maximum atomic E-state index is 10.8. The Hall–Kier alpha value is -2.62. The van der Waals surface area contributed by atoms with Crippen LogP contribution in [-0.4, -0.2) is 21.3 Å². The van der Waals surface area contributed by atoms with Gasteiger partial charge < -0.3 is 5.11 Å². The molecule has 0 saturated carbocycles. The van der Waals surface area contributed by atoms with Gasteiger partial charge in [-0.05, 0) is 35.2 Å². The van der Waals surface area contributed by atoms with Gasteiger partial charge in [-0.25, -0.2) is 4.79 Å². The molecule has 0 unspecified atom stereocenters. The predicted octanol–water partition coefficient (Wildman–Crippen LogP) is 3.05. The minimum absolute atomic E-state index is 0.137. The second-order valence-electron chi connectivity index (χ2n) is 4.72. The number of aromatic nitrogens is 2. The molecular weight excluding hydrogens is 252 g/mol. The number of hydrogen-bond acceptors (Lipinski definition) is 2. The Morgan fingerprint density at radius 3 is 2.70 bits per heavy atom. The van der Waals surface area contributed by atoms with E-state index in [1.807, 2.05) is 18.2 Å². The van der Waals surface area contributed by atoms with Gasteiger partial charge in [0.1, 0.15) is 5.69 Å². The van der Waals surface area contributed by atoms with Crippen LogP contribution in [0.1, 0.15) is 21.7 Å². The Bertz CT molecular complexity index is 757. The molecule has 0 radical (unpaired) electrons. The van der Waals surface area contributed by atoms with Gasteiger partial charge in [0.15, 0.2) is 0 Å². The van der Waals surface area contributed by atoms with Crippen LogP contribution in [0.2, 0.25) is 0 Å². The highest BCUT2D eigenvalue weighted by molar-refractivity contribution is 5.86. The Labute approximate surface area is 116 Å². The van der Waals surface area contributed by atoms with E-state index < -0.39 is 5.97 Å². The van der Waals surface area contributed by atoms with Crippen LogP contribution in [-0.2, 0) is 12.8 Å². The molecule has 0 spiro atoms. The quantitative estimate of drug-likeness (QED) is 0.762. The molecule has 2 aromatic carbocycles. The molecule has 0 atom stereocenters. The Balaban J connectivity index is 1.81. The highest BCUT2D eigenvalue weighted by atomic mass is 16.4. The van der Waals surface area contributed by atoms with Gasteiger partial charge in [-0.1, -0.05) is 42.5 Å². The Kier molecular flexibility index (Phi) is 3.21. The number of fused-ring (bicyclic) bond motifs is 1. The molecule has 2 N–H and O–H groups in total. The number of carboxylic acid groups (broad SMARTS) is 1. The molecule has 20 heavy (non-hydrogen) atoms. The fourth-order valence-corrected chi connectivity index (χ4v) is 2.37. The molecule has 4 heteroatoms. The first-order chi connectivity index (χ1) is 9.74. The van der Waals surface area contributed by atoms with Crippen molar-refractivity contribution in [3.8, 4) is 0 Å². The van der Waals surface area contributed by atoms with E-state index >= 15 is 0 Å². The van der Waals surface area contributed by atoms with Gasteiger partial charge in [-0.15, -0.1) is 0 Å². The standard InChI is InChI=1S/C16H14N2O2/c19-16(20)15-10-13(17-18-15)9-8-12-6-3-5-11-4-1-2-7-14(11)12/h1-7,10H,8-9H2,(H,17,18)(H,19,20). The number of rotatable bonds is 4. The van der Waals surface area contributed by atoms with E-state index in [1.54, 1.807) is 6.07 Å². The van der Waals surface area contributed by atoms with Gasteiger partial charge in [0.2, 0.25) is 0 Å². The van der Waals surface area contributed by atoms with Gasteiger partial charge in [-0.2, -0.15) is 5.10 Å². The summed E-state index contributed by atoms with van der Waals surface area (Å²) in [5.74, 6) is -0.978. The van der Waals surface area contributed by atoms with Gasteiger partial charge in [0, 0.05) is 0 Å². The first-order valence-corrected chi connectivity index (χ1v) is 6.48. The average Bonchev–Trinajstić information content (AvgIpc) is 2.94. The van der Waals surface area contributed by atoms with Crippen LogP contribution in [0.4, 0.5) is 0 Å². The number of aromatic carboxylic acids is 1. The third kappa shape index (κ3) is 2.40. The first kappa shape index (κ1) is 12.4. The molecule has 1 aromatic heterocycles. The predicted molar refractivity (Wildman–Crippen MR) is 76.9 cm³/mol. The molecule has 3 aromatic rings. The van der Waals surface area contributed by atoms with Gasteiger partial charge >= 0.3 is 5.97 Å². The SMILES string of the molecule is O=C(O)c1cc(CCc2cccc3ccccc23)n[nH]1. The van der Waals surface area contributed by atoms with Crippen molar-refractivity contribution < 1.29 is 9.90 Å². The highest BCUT2D eigenvalue weighted by Gasteiger charge is 2.08. The van der Waals surface area contributed by atoms with Crippen LogP contribution in [0.25, 0.3) is 10.8 Å². The van der Waals surface area contributed by atoms with E-state index in [-0.39, 0.29) is 5.69 Å². The third-order valence-electron chi connectivity index (χ3n) is 3.39. The lowest BCUT2D eigenvalue weighted by atomic mass is 10.0. The summed E-state index contributed by atoms with van der Waals surface area (Å²) < 4.78 is 0. The minimum atomic E-state index is -0.978. The fourth-order valence-electron chi connectivity index (χ4n) is 2.37. The molecule has 100 valence electrons. The molecule has 0 aliphatic heterocycles. The molecule has 0 aliphatic carbocycles. The lowest BCUT2D eigenvalue weighted by Crippen LogP contribution is -1.95. The fraction of sp³-hybridized carbons (Fsp3) is 0.125. The minimum Gasteiger partial charge on any atom is -0.477 e. The van der Waals surface area contributed by atoms with E-state index in [4.69, 9.17) is 5.11 Å². The second-order valence-corrected chi connectivity index (χ2v) is 4.72. The van der Waals surface area contributed by atoms with Crippen molar-refractivity contribution in [2.45, 2.75) is 12.8 Å². The number of benzene rings is 2. The summed E-state index contributed by atoms with van der Waals surface area (Å²) >= 11 is 0. The number of aryl methyl sites for hydroxylation is 2. The monoisotopic (exact) mass is 266 g/mol. The van der Waals surface area contributed by atoms with Crippen molar-refractivity contribution in [3.63, 3.8) is 0 Å². The van der Waals surface area contributed by atoms with Gasteiger partial charge in [0.25, 0.3) is 0 Å². The smallest absolute Gasteiger partial charge is 0.353 e. The molecule has 0 saturated heterocycles. The van der Waals surface area contributed by atoms with Crippen molar-refractivity contribution in [1.29, 1.82) is 0 Å². The number of nitrogens with one attached hydrogen (secondary N) is 1. The zero-order valence-electron chi connectivity index (χ0n) is 10.8. The molecule has 0 amide bonds. The van der Waals surface area contributed by atoms with Crippen molar-refractivity contribution >= 4 is 16.7 Å². The molecule has 3 rings (SSSR count). The first-order valence-electron chi connectivity index (χ1n) is 6.48. The summed E-state index contributed by atoms with van der Waals surface area (Å²) in [5.41, 5.74) is 2.16. The van der Waals surface area contributed by atoms with Crippen molar-refractivity contribution in [3.05, 3.63) is 65.5 Å². The van der Waals surface area contributed by atoms with Crippen molar-refractivity contribution in [1.82, 2.24) is 10.2 Å². The Morgan fingerprint density at radius 1 is 1.10 bits per heavy atom. The zero-order chi connectivity index (χ0) is 13.9. The van der Waals surface area contributed by atoms with Crippen molar-refractivity contribution in [2.24, 2.45) is 0 Å². The van der Waals surface area contributed by atoms with Crippen molar-refractivity contribution in [2.75, 3.05) is 0 Å². The third-order valence-corrected chi connectivity index (χ3v) is 3.39. The largest absolute Gasteiger partial charge is 0.477 e. The zero-order valence-corrected chi connectivity index (χ0v) is 10.8. The lowest BCUT2D eigenvalue weighted by molar-refractivity contribution is 0.0690. The van der Waals surface area contributed by atoms with E-state index in [1.165, 1.54) is 16.3 Å². The number of aromatic amines is 1. The molecule has 1 heterocycles. The van der Waals surface area contributed by atoms with E-state index in [0.717, 1.165) is 18.5 Å². The van der Waals surface area contributed by atoms with Crippen LogP contribution in [0.15, 0.2) is 48.5 Å². The van der Waals surface area contributed by atoms with Crippen LogP contribution in [0.3, 0.4) is 0 Å². The summed E-state index contributed by atoms with van der Waals surface area (Å²) in [6.45, 7) is 0. The normalized spacial score (nSPS) is 10.8. The van der Waals surface area contributed by atoms with Crippen LogP contribution < -0.4 is 0 Å². The van der Waals surface area contributed by atoms with Gasteiger partial charge in [-0.3, -0.25) is 5.10 Å². The molecule has 0 aliphatic rings. The maximum absolute atomic E-state index is 10.8. The van der Waals surface area contributed by atoms with Gasteiger partial charge in [0.05, 0.1) is 5.69 Å². The number of hydrogen-bond donors (Lipinski definition) is 2. The van der Waals surface area contributed by atoms with E-state index in [0.29, 0.717) is 0 Å². The second kappa shape index (κ2) is 5.17. The molecule has 4 nitrogen and oxygen atoms in total. The summed E-state index contributed by atoms with van der Waals surface area (Å²) in [6.07, 6.45) is 1.56. The highest BCUT2D eigenvalue weighted by Crippen LogP contribution is 2.19. The van der Waals surface area contributed by atoms with Crippen LogP contribution in [0, 0.1) is 0 Å². The van der Waals surface area contributed by atoms with E-state index in [2.05, 4.69) is 34.5 Å². The summed E-state index contributed by atoms with van der Waals surface area (Å²) in [6, 6.07) is 16.1. The van der Waals surface area contributed by atoms with Crippen LogP contribution >= 0.6 is 0 Å². The topological polar surface area (TPSA) is 66.0 Å². The van der Waals surface area contributed by atoms with Crippen LogP contribution in [0.5, 0.6) is 0 Å². The maximum Gasteiger partial charge on any atom is 0.353 e.